The summed E-state index contributed by atoms with van der Waals surface area (Å²) in [6.07, 6.45) is 6.74. The largest absolute Gasteiger partial charge is 0.357 e. The van der Waals surface area contributed by atoms with Gasteiger partial charge in [0.05, 0.1) is 17.0 Å². The quantitative estimate of drug-likeness (QED) is 0.164. The van der Waals surface area contributed by atoms with Crippen molar-refractivity contribution in [3.8, 4) is 22.2 Å². The zero-order chi connectivity index (χ0) is 40.7. The number of amides is 4. The molecule has 6 rings (SSSR count). The lowest BCUT2D eigenvalue weighted by atomic mass is 9.80. The SMILES string of the molecule is CNC(=O)[C@@H](NC(=O)c1nc(-c2ncc(CC(C)(C)[C@H](NC(=O)c3nc(-c4cc(C)c(F)cc4F)n4c3CCCC4)C(=O)NC)s2)n2c1CCCC2)C(C)(C)C. The van der Waals surface area contributed by atoms with E-state index < -0.39 is 52.3 Å². The maximum Gasteiger partial charge on any atom is 0.272 e. The van der Waals surface area contributed by atoms with Gasteiger partial charge in [0.25, 0.3) is 11.8 Å². The molecule has 4 aromatic rings. The molecule has 2 aliphatic heterocycles. The molecule has 3 aromatic heterocycles. The van der Waals surface area contributed by atoms with E-state index in [-0.39, 0.29) is 34.2 Å². The number of imidazole rings is 2. The third kappa shape index (κ3) is 7.98. The van der Waals surface area contributed by atoms with Crippen LogP contribution in [-0.2, 0) is 41.9 Å². The molecule has 0 bridgehead atoms. The number of thiazole rings is 1. The van der Waals surface area contributed by atoms with Gasteiger partial charge in [-0.05, 0) is 74.3 Å². The predicted octanol–water partition coefficient (Wildman–Crippen LogP) is 5.13. The van der Waals surface area contributed by atoms with E-state index in [1.165, 1.54) is 24.5 Å². The van der Waals surface area contributed by atoms with Gasteiger partial charge < -0.3 is 30.4 Å². The highest BCUT2D eigenvalue weighted by Gasteiger charge is 2.39. The van der Waals surface area contributed by atoms with E-state index in [0.29, 0.717) is 48.9 Å². The fourth-order valence-corrected chi connectivity index (χ4v) is 8.82. The summed E-state index contributed by atoms with van der Waals surface area (Å²) in [5.74, 6) is -2.28. The lowest BCUT2D eigenvalue weighted by molar-refractivity contribution is -0.125. The topological polar surface area (TPSA) is 165 Å². The number of nitrogens with zero attached hydrogens (tertiary/aromatic N) is 5. The molecule has 13 nitrogen and oxygen atoms in total. The molecule has 0 radical (unpaired) electrons. The molecule has 0 fully saturated rings. The lowest BCUT2D eigenvalue weighted by Gasteiger charge is -2.33. The Kier molecular flexibility index (Phi) is 11.5. The molecule has 4 amide bonds. The summed E-state index contributed by atoms with van der Waals surface area (Å²) >= 11 is 1.40. The number of halogens is 2. The average Bonchev–Trinajstić information content (AvgIpc) is 3.88. The molecular weight excluding hydrogens is 741 g/mol. The molecule has 5 heterocycles. The summed E-state index contributed by atoms with van der Waals surface area (Å²) in [4.78, 5) is 68.9. The van der Waals surface area contributed by atoms with Crippen molar-refractivity contribution in [2.24, 2.45) is 10.8 Å². The summed E-state index contributed by atoms with van der Waals surface area (Å²) < 4.78 is 33.1. The number of benzene rings is 1. The summed E-state index contributed by atoms with van der Waals surface area (Å²) in [7, 11) is 3.05. The first-order valence-corrected chi connectivity index (χ1v) is 19.9. The number of carbonyl (C=O) groups excluding carboxylic acids is 4. The molecule has 300 valence electrons. The summed E-state index contributed by atoms with van der Waals surface area (Å²) in [5, 5.41) is 11.8. The van der Waals surface area contributed by atoms with E-state index in [0.717, 1.165) is 42.3 Å². The molecular formula is C40H51F2N9O4S. The van der Waals surface area contributed by atoms with Gasteiger partial charge in [0.2, 0.25) is 11.8 Å². The Balaban J connectivity index is 1.26. The van der Waals surface area contributed by atoms with Gasteiger partial charge in [0.15, 0.2) is 10.8 Å². The van der Waals surface area contributed by atoms with Crippen LogP contribution in [0.1, 0.15) is 103 Å². The third-order valence-corrected chi connectivity index (χ3v) is 11.7. The zero-order valence-corrected chi connectivity index (χ0v) is 34.1. The number of likely N-dealkylation sites (N-methyl/N-ethyl adjacent to an activating group) is 2. The molecule has 1 aromatic carbocycles. The van der Waals surface area contributed by atoms with Crippen LogP contribution in [0.3, 0.4) is 0 Å². The Morgan fingerprint density at radius 1 is 0.786 bits per heavy atom. The van der Waals surface area contributed by atoms with Crippen molar-refractivity contribution >= 4 is 35.0 Å². The Morgan fingerprint density at radius 2 is 1.32 bits per heavy atom. The highest BCUT2D eigenvalue weighted by molar-refractivity contribution is 7.14. The summed E-state index contributed by atoms with van der Waals surface area (Å²) in [5.41, 5.74) is 0.836. The molecule has 0 aliphatic carbocycles. The van der Waals surface area contributed by atoms with E-state index in [9.17, 15) is 23.6 Å². The zero-order valence-electron chi connectivity index (χ0n) is 33.3. The Morgan fingerprint density at radius 3 is 1.89 bits per heavy atom. The number of rotatable bonds is 11. The molecule has 56 heavy (non-hydrogen) atoms. The molecule has 0 saturated carbocycles. The summed E-state index contributed by atoms with van der Waals surface area (Å²) in [6.45, 7) is 12.2. The first-order chi connectivity index (χ1) is 26.4. The Bertz CT molecular complexity index is 2180. The average molecular weight is 792 g/mol. The molecule has 0 saturated heterocycles. The molecule has 4 N–H and O–H groups in total. The van der Waals surface area contributed by atoms with Crippen LogP contribution in [0.2, 0.25) is 0 Å². The molecule has 2 aliphatic rings. The number of nitrogens with one attached hydrogen (secondary N) is 4. The number of hydrogen-bond acceptors (Lipinski definition) is 8. The van der Waals surface area contributed by atoms with Crippen LogP contribution in [0.5, 0.6) is 0 Å². The Hall–Kier alpha value is -4.99. The van der Waals surface area contributed by atoms with Gasteiger partial charge in [-0.3, -0.25) is 19.2 Å². The number of hydrogen-bond donors (Lipinski definition) is 4. The van der Waals surface area contributed by atoms with E-state index in [1.54, 1.807) is 20.2 Å². The van der Waals surface area contributed by atoms with Crippen LogP contribution in [0.25, 0.3) is 22.2 Å². The Labute approximate surface area is 329 Å². The van der Waals surface area contributed by atoms with Crippen molar-refractivity contribution in [3.63, 3.8) is 0 Å². The van der Waals surface area contributed by atoms with Crippen molar-refractivity contribution < 1.29 is 28.0 Å². The van der Waals surface area contributed by atoms with E-state index in [2.05, 4.69) is 26.3 Å². The van der Waals surface area contributed by atoms with Crippen molar-refractivity contribution in [3.05, 3.63) is 63.2 Å². The second kappa shape index (κ2) is 15.9. The van der Waals surface area contributed by atoms with E-state index in [1.807, 2.05) is 43.8 Å². The second-order valence-electron chi connectivity index (χ2n) is 16.5. The standard InChI is InChI=1S/C40H51F2N9O4S/c1-21-17-23(25(42)18-24(21)41)32-46-28(26-13-9-11-15-50(26)32)35(53)49-31(37(55)44-8)40(5,6)19-22-20-45-38(56-22)33-47-29(27-14-10-12-16-51(27)33)34(52)48-30(36(54)43-7)39(2,3)4/h17-18,20,30-31H,9-16,19H2,1-8H3,(H,43,54)(H,44,55)(H,48,52)(H,49,53)/t30-,31-/m1/s1. The van der Waals surface area contributed by atoms with E-state index >= 15 is 4.39 Å². The van der Waals surface area contributed by atoms with Gasteiger partial charge >= 0.3 is 0 Å². The minimum atomic E-state index is -0.995. The predicted molar refractivity (Wildman–Crippen MR) is 209 cm³/mol. The third-order valence-electron chi connectivity index (χ3n) is 10.7. The molecule has 0 spiro atoms. The summed E-state index contributed by atoms with van der Waals surface area (Å²) in [6, 6.07) is 0.472. The fraction of sp³-hybridized carbons (Fsp3) is 0.525. The van der Waals surface area contributed by atoms with Crippen LogP contribution < -0.4 is 21.3 Å². The van der Waals surface area contributed by atoms with Crippen LogP contribution in [0, 0.1) is 29.4 Å². The van der Waals surface area contributed by atoms with Crippen LogP contribution in [0.15, 0.2) is 18.3 Å². The van der Waals surface area contributed by atoms with Gasteiger partial charge in [0.1, 0.15) is 40.9 Å². The van der Waals surface area contributed by atoms with Gasteiger partial charge in [-0.2, -0.15) is 0 Å². The molecule has 2 atom stereocenters. The number of carbonyl (C=O) groups is 4. The highest BCUT2D eigenvalue weighted by Crippen LogP contribution is 2.36. The minimum absolute atomic E-state index is 0.110. The number of aryl methyl sites for hydroxylation is 1. The minimum Gasteiger partial charge on any atom is -0.357 e. The number of aromatic nitrogens is 5. The van der Waals surface area contributed by atoms with Gasteiger partial charge in [-0.15, -0.1) is 11.3 Å². The monoisotopic (exact) mass is 791 g/mol. The normalized spacial score (nSPS) is 15.3. The van der Waals surface area contributed by atoms with Crippen LogP contribution in [-0.4, -0.2) is 73.9 Å². The lowest BCUT2D eigenvalue weighted by Crippen LogP contribution is -2.54. The maximum atomic E-state index is 15.1. The van der Waals surface area contributed by atoms with Crippen molar-refractivity contribution in [2.75, 3.05) is 14.1 Å². The fourth-order valence-electron chi connectivity index (χ4n) is 7.67. The van der Waals surface area contributed by atoms with Crippen molar-refractivity contribution in [2.45, 2.75) is 112 Å². The van der Waals surface area contributed by atoms with Crippen molar-refractivity contribution in [1.29, 1.82) is 0 Å². The van der Waals surface area contributed by atoms with Crippen molar-refractivity contribution in [1.82, 2.24) is 45.4 Å². The first kappa shape index (κ1) is 40.7. The van der Waals surface area contributed by atoms with Crippen LogP contribution >= 0.6 is 11.3 Å². The smallest absolute Gasteiger partial charge is 0.272 e. The number of fused-ring (bicyclic) bond motifs is 2. The molecule has 16 heteroatoms. The van der Waals surface area contributed by atoms with Gasteiger partial charge in [-0.25, -0.2) is 23.7 Å². The van der Waals surface area contributed by atoms with Crippen LogP contribution in [0.4, 0.5) is 8.78 Å². The van der Waals surface area contributed by atoms with E-state index in [4.69, 9.17) is 9.97 Å². The highest BCUT2D eigenvalue weighted by atomic mass is 32.1. The second-order valence-corrected chi connectivity index (χ2v) is 17.6. The molecule has 0 unspecified atom stereocenters. The van der Waals surface area contributed by atoms with Gasteiger partial charge in [-0.1, -0.05) is 34.6 Å². The maximum absolute atomic E-state index is 15.1. The first-order valence-electron chi connectivity index (χ1n) is 19.1. The van der Waals surface area contributed by atoms with Gasteiger partial charge in [0, 0.05) is 44.3 Å².